The highest BCUT2D eigenvalue weighted by molar-refractivity contribution is 5.84. The molecule has 3 rings (SSSR count). The summed E-state index contributed by atoms with van der Waals surface area (Å²) in [4.78, 5) is 28.8. The second-order valence-electron chi connectivity index (χ2n) is 9.01. The van der Waals surface area contributed by atoms with Gasteiger partial charge in [-0.05, 0) is 46.5 Å². The van der Waals surface area contributed by atoms with Crippen molar-refractivity contribution >= 4 is 12.0 Å². The Bertz CT molecular complexity index is 581. The topological polar surface area (TPSA) is 75.9 Å². The predicted octanol–water partition coefficient (Wildman–Crippen LogP) is 2.36. The zero-order valence-electron chi connectivity index (χ0n) is 15.7. The van der Waals surface area contributed by atoms with Crippen molar-refractivity contribution in [2.75, 3.05) is 13.1 Å². The smallest absolute Gasteiger partial charge is 0.410 e. The van der Waals surface area contributed by atoms with Crippen LogP contribution in [0.1, 0.15) is 52.9 Å². The van der Waals surface area contributed by atoms with Crippen molar-refractivity contribution in [3.63, 3.8) is 0 Å². The molecular formula is C18H29F2N3O3. The number of hydrogen-bond acceptors (Lipinski definition) is 4. The molecule has 148 valence electrons. The van der Waals surface area contributed by atoms with E-state index in [1.165, 1.54) is 0 Å². The van der Waals surface area contributed by atoms with E-state index in [4.69, 9.17) is 10.5 Å². The number of alkyl halides is 2. The van der Waals surface area contributed by atoms with Crippen molar-refractivity contribution in [1.29, 1.82) is 0 Å². The number of ether oxygens (including phenoxy) is 1. The molecule has 2 bridgehead atoms. The first-order valence-electron chi connectivity index (χ1n) is 9.35. The summed E-state index contributed by atoms with van der Waals surface area (Å²) in [6.07, 6.45) is -1.31. The summed E-state index contributed by atoms with van der Waals surface area (Å²) in [7, 11) is 0. The minimum absolute atomic E-state index is 0.0996. The van der Waals surface area contributed by atoms with Crippen molar-refractivity contribution in [2.45, 2.75) is 83.0 Å². The third kappa shape index (κ3) is 3.66. The molecule has 0 spiro atoms. The molecule has 1 saturated carbocycles. The van der Waals surface area contributed by atoms with Crippen LogP contribution in [-0.2, 0) is 9.53 Å². The summed E-state index contributed by atoms with van der Waals surface area (Å²) >= 11 is 0. The molecule has 6 nitrogen and oxygen atoms in total. The van der Waals surface area contributed by atoms with Crippen LogP contribution in [0, 0.1) is 5.41 Å². The minimum atomic E-state index is -2.53. The highest BCUT2D eigenvalue weighted by Crippen LogP contribution is 2.46. The van der Waals surface area contributed by atoms with Gasteiger partial charge in [0.05, 0.1) is 17.5 Å². The first kappa shape index (κ1) is 19.3. The Morgan fingerprint density at radius 1 is 1.23 bits per heavy atom. The molecule has 1 aliphatic carbocycles. The summed E-state index contributed by atoms with van der Waals surface area (Å²) in [6.45, 7) is 6.23. The van der Waals surface area contributed by atoms with Gasteiger partial charge in [0.2, 0.25) is 12.3 Å². The third-order valence-electron chi connectivity index (χ3n) is 5.77. The number of carbonyl (C=O) groups excluding carboxylic acids is 2. The molecule has 0 aromatic heterocycles. The zero-order valence-corrected chi connectivity index (χ0v) is 15.7. The van der Waals surface area contributed by atoms with E-state index >= 15 is 0 Å². The van der Waals surface area contributed by atoms with Gasteiger partial charge in [-0.3, -0.25) is 4.79 Å². The number of carbonyl (C=O) groups is 2. The molecule has 2 aliphatic heterocycles. The average molecular weight is 373 g/mol. The number of piperazine rings is 1. The normalized spacial score (nSPS) is 34.0. The summed E-state index contributed by atoms with van der Waals surface area (Å²) in [5, 5.41) is 0. The molecule has 8 heteroatoms. The molecule has 26 heavy (non-hydrogen) atoms. The number of nitrogens with zero attached hydrogens (tertiary/aromatic N) is 2. The second-order valence-corrected chi connectivity index (χ2v) is 9.01. The lowest BCUT2D eigenvalue weighted by Crippen LogP contribution is -2.55. The van der Waals surface area contributed by atoms with Gasteiger partial charge in [-0.25, -0.2) is 13.6 Å². The van der Waals surface area contributed by atoms with Crippen molar-refractivity contribution in [1.82, 2.24) is 9.80 Å². The van der Waals surface area contributed by atoms with Gasteiger partial charge >= 0.3 is 6.09 Å². The van der Waals surface area contributed by atoms with E-state index in [9.17, 15) is 18.4 Å². The summed E-state index contributed by atoms with van der Waals surface area (Å²) in [5.74, 6) is -0.206. The lowest BCUT2D eigenvalue weighted by Gasteiger charge is -2.39. The van der Waals surface area contributed by atoms with Crippen LogP contribution in [0.5, 0.6) is 0 Å². The molecule has 3 fully saturated rings. The van der Waals surface area contributed by atoms with Gasteiger partial charge < -0.3 is 20.3 Å². The number of amides is 2. The van der Waals surface area contributed by atoms with E-state index in [0.29, 0.717) is 38.8 Å². The van der Waals surface area contributed by atoms with Crippen molar-refractivity contribution in [3.8, 4) is 0 Å². The highest BCUT2D eigenvalue weighted by atomic mass is 19.3. The zero-order chi connectivity index (χ0) is 19.3. The molecule has 3 aliphatic rings. The van der Waals surface area contributed by atoms with E-state index < -0.39 is 23.9 Å². The first-order valence-corrected chi connectivity index (χ1v) is 9.35. The summed E-state index contributed by atoms with van der Waals surface area (Å²) < 4.78 is 31.7. The van der Waals surface area contributed by atoms with Crippen molar-refractivity contribution < 1.29 is 23.1 Å². The maximum absolute atomic E-state index is 13.1. The van der Waals surface area contributed by atoms with Gasteiger partial charge in [-0.2, -0.15) is 0 Å². The SMILES string of the molecule is CC(C)(C)OC(=O)N1C[C@@H]2C[C@H]1CN2C(=O)[C@@]1(CC(F)F)CC[C@H](N)C1. The Kier molecular flexibility index (Phi) is 4.92. The second kappa shape index (κ2) is 6.62. The van der Waals surface area contributed by atoms with Gasteiger partial charge in [0.1, 0.15) is 5.60 Å². The fraction of sp³-hybridized carbons (Fsp3) is 0.889. The molecule has 2 saturated heterocycles. The lowest BCUT2D eigenvalue weighted by molar-refractivity contribution is -0.147. The van der Waals surface area contributed by atoms with Crippen LogP contribution in [0.2, 0.25) is 0 Å². The molecule has 0 unspecified atom stereocenters. The number of nitrogens with two attached hydrogens (primary N) is 1. The minimum Gasteiger partial charge on any atom is -0.444 e. The Morgan fingerprint density at radius 3 is 2.31 bits per heavy atom. The van der Waals surface area contributed by atoms with Gasteiger partial charge in [-0.15, -0.1) is 0 Å². The predicted molar refractivity (Wildman–Crippen MR) is 91.7 cm³/mol. The van der Waals surface area contributed by atoms with Gasteiger partial charge in [0, 0.05) is 25.6 Å². The number of fused-ring (bicyclic) bond motifs is 2. The average Bonchev–Trinajstić information content (AvgIpc) is 3.18. The standard InChI is InChI=1S/C18H29F2N3O3/c1-17(2,3)26-16(25)23-10-12-6-13(23)9-22(12)15(24)18(8-14(19)20)5-4-11(21)7-18/h11-14H,4-10,21H2,1-3H3/t11-,12-,13-,18-/m0/s1. The molecule has 2 heterocycles. The summed E-state index contributed by atoms with van der Waals surface area (Å²) in [5.41, 5.74) is 4.31. The fourth-order valence-electron chi connectivity index (χ4n) is 4.69. The van der Waals surface area contributed by atoms with Gasteiger partial charge in [-0.1, -0.05) is 0 Å². The summed E-state index contributed by atoms with van der Waals surface area (Å²) in [6, 6.07) is -0.417. The quantitative estimate of drug-likeness (QED) is 0.824. The van der Waals surface area contributed by atoms with E-state index in [1.807, 2.05) is 20.8 Å². The van der Waals surface area contributed by atoms with Crippen LogP contribution in [-0.4, -0.2) is 65.0 Å². The molecule has 2 amide bonds. The molecule has 2 N–H and O–H groups in total. The van der Waals surface area contributed by atoms with Gasteiger partial charge in [0.15, 0.2) is 0 Å². The number of hydrogen-bond donors (Lipinski definition) is 1. The van der Waals surface area contributed by atoms with Crippen LogP contribution < -0.4 is 5.73 Å². The third-order valence-corrected chi connectivity index (χ3v) is 5.77. The maximum Gasteiger partial charge on any atom is 0.410 e. The Morgan fingerprint density at radius 2 is 1.85 bits per heavy atom. The van der Waals surface area contributed by atoms with E-state index in [-0.39, 0.29) is 30.1 Å². The Balaban J connectivity index is 1.68. The van der Waals surface area contributed by atoms with Crippen LogP contribution in [0.4, 0.5) is 13.6 Å². The number of rotatable bonds is 3. The van der Waals surface area contributed by atoms with E-state index in [2.05, 4.69) is 0 Å². The van der Waals surface area contributed by atoms with Gasteiger partial charge in [0.25, 0.3) is 0 Å². The monoisotopic (exact) mass is 373 g/mol. The molecule has 0 aromatic rings. The largest absolute Gasteiger partial charge is 0.444 e. The maximum atomic E-state index is 13.1. The lowest BCUT2D eigenvalue weighted by atomic mass is 9.80. The first-order chi connectivity index (χ1) is 12.0. The van der Waals surface area contributed by atoms with Crippen molar-refractivity contribution in [3.05, 3.63) is 0 Å². The fourth-order valence-corrected chi connectivity index (χ4v) is 4.69. The number of likely N-dealkylation sites (tertiary alicyclic amines) is 2. The molecule has 0 aromatic carbocycles. The van der Waals surface area contributed by atoms with Crippen LogP contribution >= 0.6 is 0 Å². The van der Waals surface area contributed by atoms with Crippen LogP contribution in [0.15, 0.2) is 0 Å². The van der Waals surface area contributed by atoms with E-state index in [1.54, 1.807) is 9.80 Å². The van der Waals surface area contributed by atoms with Crippen molar-refractivity contribution in [2.24, 2.45) is 11.1 Å². The number of halogens is 2. The Hall–Kier alpha value is -1.44. The molecular weight excluding hydrogens is 344 g/mol. The molecule has 4 atom stereocenters. The van der Waals surface area contributed by atoms with E-state index in [0.717, 1.165) is 0 Å². The Labute approximate surface area is 153 Å². The van der Waals surface area contributed by atoms with Crippen LogP contribution in [0.3, 0.4) is 0 Å². The molecule has 0 radical (unpaired) electrons. The highest BCUT2D eigenvalue weighted by Gasteiger charge is 2.54. The van der Waals surface area contributed by atoms with Crippen LogP contribution in [0.25, 0.3) is 0 Å².